The first-order chi connectivity index (χ1) is 14.0. The number of anilines is 2. The van der Waals surface area contributed by atoms with Gasteiger partial charge in [0, 0.05) is 17.8 Å². The number of fused-ring (bicyclic) bond motifs is 3. The molecule has 2 heterocycles. The van der Waals surface area contributed by atoms with Gasteiger partial charge < -0.3 is 20.4 Å². The Kier molecular flexibility index (Phi) is 5.06. The SMILES string of the molecule is CCCCC12C(=O)N(c3ccccc3)c3ccccc3C1(O)NC(=S)N2CCO. The lowest BCUT2D eigenvalue weighted by atomic mass is 9.73. The molecule has 2 aromatic rings. The largest absolute Gasteiger partial charge is 0.395 e. The molecule has 7 heteroatoms. The number of nitrogens with one attached hydrogen (secondary N) is 1. The van der Waals surface area contributed by atoms with E-state index in [1.165, 1.54) is 0 Å². The van der Waals surface area contributed by atoms with Crippen molar-refractivity contribution in [2.75, 3.05) is 18.1 Å². The number of carbonyl (C=O) groups excluding carboxylic acids is 1. The van der Waals surface area contributed by atoms with Crippen molar-refractivity contribution < 1.29 is 15.0 Å². The van der Waals surface area contributed by atoms with Crippen LogP contribution in [-0.2, 0) is 10.5 Å². The molecule has 2 aliphatic rings. The number of hydrogen-bond donors (Lipinski definition) is 3. The van der Waals surface area contributed by atoms with Crippen molar-refractivity contribution >= 4 is 34.6 Å². The van der Waals surface area contributed by atoms with Gasteiger partial charge in [0.15, 0.2) is 16.4 Å². The summed E-state index contributed by atoms with van der Waals surface area (Å²) in [4.78, 5) is 17.5. The van der Waals surface area contributed by atoms with Gasteiger partial charge in [0.25, 0.3) is 5.91 Å². The Hall–Kier alpha value is -2.48. The minimum Gasteiger partial charge on any atom is -0.395 e. The number of β-amino-alcohol motifs (C(OH)–C–C–N with tert-alkyl or cyclic N) is 1. The molecule has 2 aromatic carbocycles. The molecule has 0 radical (unpaired) electrons. The van der Waals surface area contributed by atoms with Crippen LogP contribution in [-0.4, -0.2) is 44.8 Å². The van der Waals surface area contributed by atoms with Crippen LogP contribution in [0.25, 0.3) is 0 Å². The molecule has 29 heavy (non-hydrogen) atoms. The number of amides is 1. The number of benzene rings is 2. The number of nitrogens with zero attached hydrogens (tertiary/aromatic N) is 2. The van der Waals surface area contributed by atoms with E-state index in [4.69, 9.17) is 12.2 Å². The molecule has 0 spiro atoms. The first kappa shape index (κ1) is 19.8. The fourth-order valence-electron chi connectivity index (χ4n) is 4.60. The number of unbranched alkanes of at least 4 members (excludes halogenated alkanes) is 1. The topological polar surface area (TPSA) is 76.0 Å². The van der Waals surface area contributed by atoms with Crippen LogP contribution in [0.3, 0.4) is 0 Å². The van der Waals surface area contributed by atoms with E-state index in [0.29, 0.717) is 17.7 Å². The second-order valence-corrected chi connectivity index (χ2v) is 7.86. The molecular weight excluding hydrogens is 386 g/mol. The van der Waals surface area contributed by atoms with Crippen molar-refractivity contribution in [3.63, 3.8) is 0 Å². The molecule has 0 saturated carbocycles. The lowest BCUT2D eigenvalue weighted by Crippen LogP contribution is -2.69. The third-order valence-electron chi connectivity index (χ3n) is 5.91. The molecule has 1 saturated heterocycles. The molecule has 0 aromatic heterocycles. The van der Waals surface area contributed by atoms with Crippen LogP contribution in [0.2, 0.25) is 0 Å². The summed E-state index contributed by atoms with van der Waals surface area (Å²) in [6, 6.07) is 16.8. The third kappa shape index (κ3) is 2.68. The predicted octanol–water partition coefficient (Wildman–Crippen LogP) is 2.62. The van der Waals surface area contributed by atoms with Crippen molar-refractivity contribution in [3.8, 4) is 0 Å². The summed E-state index contributed by atoms with van der Waals surface area (Å²) >= 11 is 5.52. The molecule has 4 rings (SSSR count). The monoisotopic (exact) mass is 411 g/mol. The summed E-state index contributed by atoms with van der Waals surface area (Å²) < 4.78 is 0. The van der Waals surface area contributed by atoms with Gasteiger partial charge in [-0.2, -0.15) is 0 Å². The van der Waals surface area contributed by atoms with Crippen molar-refractivity contribution in [3.05, 3.63) is 60.2 Å². The summed E-state index contributed by atoms with van der Waals surface area (Å²) in [6.45, 7) is 2.03. The molecule has 2 unspecified atom stereocenters. The summed E-state index contributed by atoms with van der Waals surface area (Å²) in [5.41, 5.74) is -1.06. The quantitative estimate of drug-likeness (QED) is 0.635. The molecule has 2 atom stereocenters. The highest BCUT2D eigenvalue weighted by molar-refractivity contribution is 7.80. The highest BCUT2D eigenvalue weighted by Crippen LogP contribution is 2.53. The molecule has 6 nitrogen and oxygen atoms in total. The van der Waals surface area contributed by atoms with Gasteiger partial charge in [-0.25, -0.2) is 0 Å². The Labute approximate surface area is 175 Å². The van der Waals surface area contributed by atoms with Crippen LogP contribution < -0.4 is 10.2 Å². The van der Waals surface area contributed by atoms with E-state index in [-0.39, 0.29) is 24.2 Å². The number of aliphatic hydroxyl groups excluding tert-OH is 1. The molecular formula is C22H25N3O3S. The normalized spacial score (nSPS) is 25.6. The van der Waals surface area contributed by atoms with E-state index in [1.54, 1.807) is 9.80 Å². The van der Waals surface area contributed by atoms with E-state index in [2.05, 4.69) is 5.32 Å². The van der Waals surface area contributed by atoms with E-state index in [0.717, 1.165) is 18.5 Å². The molecule has 0 aliphatic carbocycles. The first-order valence-electron chi connectivity index (χ1n) is 9.93. The maximum Gasteiger partial charge on any atom is 0.262 e. The molecule has 1 amide bonds. The zero-order valence-electron chi connectivity index (χ0n) is 16.3. The zero-order chi connectivity index (χ0) is 20.6. The van der Waals surface area contributed by atoms with Crippen molar-refractivity contribution in [1.82, 2.24) is 10.2 Å². The molecule has 0 bridgehead atoms. The highest BCUT2D eigenvalue weighted by Gasteiger charge is 2.69. The Morgan fingerprint density at radius 1 is 1.10 bits per heavy atom. The van der Waals surface area contributed by atoms with Crippen LogP contribution in [0.15, 0.2) is 54.6 Å². The van der Waals surface area contributed by atoms with E-state index < -0.39 is 11.3 Å². The maximum atomic E-state index is 14.2. The van der Waals surface area contributed by atoms with Gasteiger partial charge in [0.05, 0.1) is 12.3 Å². The Morgan fingerprint density at radius 3 is 2.48 bits per heavy atom. The Bertz CT molecular complexity index is 938. The van der Waals surface area contributed by atoms with Crippen molar-refractivity contribution in [1.29, 1.82) is 0 Å². The number of thiocarbonyl (C=S) groups is 1. The van der Waals surface area contributed by atoms with Crippen LogP contribution in [0.5, 0.6) is 0 Å². The van der Waals surface area contributed by atoms with Crippen LogP contribution in [0.4, 0.5) is 11.4 Å². The summed E-state index contributed by atoms with van der Waals surface area (Å²) in [5.74, 6) is -0.251. The average molecular weight is 412 g/mol. The van der Waals surface area contributed by atoms with Gasteiger partial charge in [-0.3, -0.25) is 9.69 Å². The van der Waals surface area contributed by atoms with Gasteiger partial charge in [-0.1, -0.05) is 56.2 Å². The van der Waals surface area contributed by atoms with Gasteiger partial charge in [-0.15, -0.1) is 0 Å². The maximum absolute atomic E-state index is 14.2. The molecule has 1 fully saturated rings. The number of rotatable bonds is 6. The van der Waals surface area contributed by atoms with E-state index in [9.17, 15) is 15.0 Å². The standard InChI is InChI=1S/C22H25N3O3S/c1-2-3-13-21-19(27)25(16-9-5-4-6-10-16)18-12-8-7-11-17(18)22(21,28)23-20(29)24(21)14-15-26/h4-12,26,28H,2-3,13-15H2,1H3,(H,23,29). The van der Waals surface area contributed by atoms with Crippen molar-refractivity contribution in [2.24, 2.45) is 0 Å². The predicted molar refractivity (Wildman–Crippen MR) is 116 cm³/mol. The lowest BCUT2D eigenvalue weighted by Gasteiger charge is -2.51. The minimum atomic E-state index is -1.67. The van der Waals surface area contributed by atoms with Crippen LogP contribution >= 0.6 is 12.2 Å². The second-order valence-electron chi connectivity index (χ2n) is 7.47. The smallest absolute Gasteiger partial charge is 0.262 e. The van der Waals surface area contributed by atoms with Gasteiger partial charge >= 0.3 is 0 Å². The summed E-state index contributed by atoms with van der Waals surface area (Å²) in [6.07, 6.45) is 1.99. The van der Waals surface area contributed by atoms with E-state index in [1.807, 2.05) is 61.5 Å². The fourth-order valence-corrected chi connectivity index (χ4v) is 5.00. The highest BCUT2D eigenvalue weighted by atomic mass is 32.1. The fraction of sp³-hybridized carbons (Fsp3) is 0.364. The minimum absolute atomic E-state index is 0.161. The lowest BCUT2D eigenvalue weighted by molar-refractivity contribution is -0.149. The van der Waals surface area contributed by atoms with Crippen LogP contribution in [0.1, 0.15) is 31.7 Å². The molecule has 3 N–H and O–H groups in total. The number of hydrogen-bond acceptors (Lipinski definition) is 4. The summed E-state index contributed by atoms with van der Waals surface area (Å²) in [5, 5.41) is 25.0. The van der Waals surface area contributed by atoms with Gasteiger partial charge in [-0.05, 0) is 36.8 Å². The van der Waals surface area contributed by atoms with E-state index >= 15 is 0 Å². The number of carbonyl (C=O) groups is 1. The average Bonchev–Trinajstić information content (AvgIpc) is 2.96. The second kappa shape index (κ2) is 7.40. The Morgan fingerprint density at radius 2 is 1.79 bits per heavy atom. The van der Waals surface area contributed by atoms with Gasteiger partial charge in [0.2, 0.25) is 0 Å². The molecule has 152 valence electrons. The molecule has 2 aliphatic heterocycles. The van der Waals surface area contributed by atoms with Crippen molar-refractivity contribution in [2.45, 2.75) is 37.5 Å². The third-order valence-corrected chi connectivity index (χ3v) is 6.24. The first-order valence-corrected chi connectivity index (χ1v) is 10.3. The van der Waals surface area contributed by atoms with Crippen LogP contribution in [0, 0.1) is 0 Å². The Balaban J connectivity index is 2.01. The number of aliphatic hydroxyl groups is 2. The zero-order valence-corrected chi connectivity index (χ0v) is 17.2. The van der Waals surface area contributed by atoms with Gasteiger partial charge in [0.1, 0.15) is 0 Å². The summed E-state index contributed by atoms with van der Waals surface area (Å²) in [7, 11) is 0. The number of para-hydroxylation sites is 2.